The molecule has 0 atom stereocenters. The first-order valence-electron chi connectivity index (χ1n) is 5.07. The van der Waals surface area contributed by atoms with Crippen molar-refractivity contribution in [2.24, 2.45) is 5.14 Å². The molecule has 4 N–H and O–H groups in total. The van der Waals surface area contributed by atoms with E-state index in [-0.39, 0.29) is 30.4 Å². The van der Waals surface area contributed by atoms with E-state index < -0.39 is 10.0 Å². The molecule has 1 amide bonds. The van der Waals surface area contributed by atoms with Crippen LogP contribution in [0.3, 0.4) is 0 Å². The lowest BCUT2D eigenvalue weighted by Gasteiger charge is -2.05. The first-order valence-corrected chi connectivity index (χ1v) is 7.57. The summed E-state index contributed by atoms with van der Waals surface area (Å²) in [6.07, 6.45) is 0.243. The van der Waals surface area contributed by atoms with E-state index in [1.165, 1.54) is 6.07 Å². The molecule has 1 aromatic rings. The number of primary sulfonamides is 1. The molecule has 0 radical (unpaired) electrons. The minimum Gasteiger partial charge on any atom is -0.507 e. The van der Waals surface area contributed by atoms with Crippen molar-refractivity contribution >= 4 is 31.9 Å². The molecule has 100 valence electrons. The summed E-state index contributed by atoms with van der Waals surface area (Å²) in [7, 11) is -3.50. The molecule has 0 saturated heterocycles. The van der Waals surface area contributed by atoms with E-state index in [0.717, 1.165) is 0 Å². The maximum absolute atomic E-state index is 11.6. The maximum Gasteiger partial charge on any atom is 0.251 e. The van der Waals surface area contributed by atoms with Crippen LogP contribution in [0, 0.1) is 0 Å². The number of nitrogens with one attached hydrogen (secondary N) is 1. The lowest BCUT2D eigenvalue weighted by atomic mass is 10.2. The van der Waals surface area contributed by atoms with Gasteiger partial charge in [0.2, 0.25) is 10.0 Å². The Hall–Kier alpha value is -1.12. The van der Waals surface area contributed by atoms with Crippen LogP contribution in [-0.2, 0) is 10.0 Å². The van der Waals surface area contributed by atoms with Gasteiger partial charge in [-0.05, 0) is 40.5 Å². The van der Waals surface area contributed by atoms with E-state index in [9.17, 15) is 18.3 Å². The summed E-state index contributed by atoms with van der Waals surface area (Å²) < 4.78 is 21.8. The molecule has 8 heteroatoms. The standard InChI is InChI=1S/C10H13BrN2O4S/c11-8-3-2-7(6-9(8)14)10(15)13-4-1-5-18(12,16)17/h2-3,6,14H,1,4-5H2,(H,13,15)(H2,12,16,17). The van der Waals surface area contributed by atoms with Crippen LogP contribution in [0.2, 0.25) is 0 Å². The summed E-state index contributed by atoms with van der Waals surface area (Å²) in [5.74, 6) is -0.599. The fraction of sp³-hybridized carbons (Fsp3) is 0.300. The Labute approximate surface area is 113 Å². The number of rotatable bonds is 5. The molecular formula is C10H13BrN2O4S. The van der Waals surface area contributed by atoms with Gasteiger partial charge in [-0.25, -0.2) is 13.6 Å². The third-order valence-corrected chi connectivity index (χ3v) is 3.63. The van der Waals surface area contributed by atoms with Gasteiger partial charge in [-0.1, -0.05) is 0 Å². The number of nitrogens with two attached hydrogens (primary N) is 1. The second-order valence-electron chi connectivity index (χ2n) is 3.64. The molecule has 0 heterocycles. The van der Waals surface area contributed by atoms with Crippen molar-refractivity contribution in [2.45, 2.75) is 6.42 Å². The average molecular weight is 337 g/mol. The van der Waals surface area contributed by atoms with Gasteiger partial charge in [0, 0.05) is 12.1 Å². The average Bonchev–Trinajstić information content (AvgIpc) is 2.26. The van der Waals surface area contributed by atoms with Gasteiger partial charge in [0.25, 0.3) is 5.91 Å². The van der Waals surface area contributed by atoms with Crippen molar-refractivity contribution in [2.75, 3.05) is 12.3 Å². The molecule has 0 aliphatic carbocycles. The van der Waals surface area contributed by atoms with E-state index in [1.54, 1.807) is 12.1 Å². The summed E-state index contributed by atoms with van der Waals surface area (Å²) in [6, 6.07) is 4.41. The smallest absolute Gasteiger partial charge is 0.251 e. The minimum absolute atomic E-state index is 0.0350. The Morgan fingerprint density at radius 2 is 2.11 bits per heavy atom. The number of sulfonamides is 1. The third-order valence-electron chi connectivity index (χ3n) is 2.10. The van der Waals surface area contributed by atoms with Gasteiger partial charge in [0.1, 0.15) is 5.75 Å². The Morgan fingerprint density at radius 1 is 1.44 bits per heavy atom. The summed E-state index contributed by atoms with van der Waals surface area (Å²) in [5, 5.41) is 16.8. The predicted molar refractivity (Wildman–Crippen MR) is 70.7 cm³/mol. The highest BCUT2D eigenvalue weighted by Gasteiger charge is 2.08. The zero-order valence-electron chi connectivity index (χ0n) is 9.39. The second-order valence-corrected chi connectivity index (χ2v) is 6.23. The summed E-state index contributed by atoms with van der Waals surface area (Å²) in [4.78, 5) is 11.6. The molecule has 1 aromatic carbocycles. The monoisotopic (exact) mass is 336 g/mol. The predicted octanol–water partition coefficient (Wildman–Crippen LogP) is 0.563. The van der Waals surface area contributed by atoms with Crippen LogP contribution in [0.15, 0.2) is 22.7 Å². The fourth-order valence-electron chi connectivity index (χ4n) is 1.23. The van der Waals surface area contributed by atoms with Crippen LogP contribution >= 0.6 is 15.9 Å². The highest BCUT2D eigenvalue weighted by Crippen LogP contribution is 2.24. The van der Waals surface area contributed by atoms with Crippen LogP contribution in [0.4, 0.5) is 0 Å². The molecule has 1 rings (SSSR count). The van der Waals surface area contributed by atoms with Crippen molar-refractivity contribution in [1.29, 1.82) is 0 Å². The van der Waals surface area contributed by atoms with E-state index >= 15 is 0 Å². The van der Waals surface area contributed by atoms with Gasteiger partial charge < -0.3 is 10.4 Å². The number of benzene rings is 1. The lowest BCUT2D eigenvalue weighted by molar-refractivity contribution is 0.0953. The van der Waals surface area contributed by atoms with Gasteiger partial charge in [-0.2, -0.15) is 0 Å². The zero-order chi connectivity index (χ0) is 13.8. The number of carbonyl (C=O) groups is 1. The van der Waals surface area contributed by atoms with Gasteiger partial charge in [0.15, 0.2) is 0 Å². The van der Waals surface area contributed by atoms with E-state index in [0.29, 0.717) is 10.0 Å². The Bertz CT molecular complexity index is 545. The number of phenolic OH excluding ortho intramolecular Hbond substituents is 1. The summed E-state index contributed by atoms with van der Waals surface area (Å²) in [5.41, 5.74) is 0.298. The summed E-state index contributed by atoms with van der Waals surface area (Å²) >= 11 is 3.10. The molecule has 0 spiro atoms. The lowest BCUT2D eigenvalue weighted by Crippen LogP contribution is -2.27. The highest BCUT2D eigenvalue weighted by atomic mass is 79.9. The Kier molecular flexibility index (Phi) is 5.12. The molecule has 6 nitrogen and oxygen atoms in total. The first kappa shape index (κ1) is 14.9. The Balaban J connectivity index is 2.48. The van der Waals surface area contributed by atoms with Crippen molar-refractivity contribution in [1.82, 2.24) is 5.32 Å². The van der Waals surface area contributed by atoms with Crippen LogP contribution < -0.4 is 10.5 Å². The van der Waals surface area contributed by atoms with E-state index in [4.69, 9.17) is 5.14 Å². The topological polar surface area (TPSA) is 109 Å². The van der Waals surface area contributed by atoms with Crippen molar-refractivity contribution < 1.29 is 18.3 Å². The number of hydrogen-bond donors (Lipinski definition) is 3. The molecule has 0 unspecified atom stereocenters. The molecule has 0 bridgehead atoms. The number of hydrogen-bond acceptors (Lipinski definition) is 4. The second kappa shape index (κ2) is 6.17. The van der Waals surface area contributed by atoms with Crippen LogP contribution in [0.25, 0.3) is 0 Å². The van der Waals surface area contributed by atoms with Crippen molar-refractivity contribution in [3.63, 3.8) is 0 Å². The van der Waals surface area contributed by atoms with Gasteiger partial charge in [0.05, 0.1) is 10.2 Å². The first-order chi connectivity index (χ1) is 8.29. The molecule has 0 aliphatic rings. The zero-order valence-corrected chi connectivity index (χ0v) is 11.8. The van der Waals surface area contributed by atoms with Crippen LogP contribution in [0.5, 0.6) is 5.75 Å². The minimum atomic E-state index is -3.50. The maximum atomic E-state index is 11.6. The number of amides is 1. The molecule has 18 heavy (non-hydrogen) atoms. The molecule has 0 fully saturated rings. The van der Waals surface area contributed by atoms with Gasteiger partial charge in [-0.15, -0.1) is 0 Å². The normalized spacial score (nSPS) is 11.2. The number of phenols is 1. The Morgan fingerprint density at radius 3 is 2.67 bits per heavy atom. The van der Waals surface area contributed by atoms with Crippen molar-refractivity contribution in [3.05, 3.63) is 28.2 Å². The number of halogens is 1. The molecule has 0 aliphatic heterocycles. The third kappa shape index (κ3) is 5.03. The van der Waals surface area contributed by atoms with Gasteiger partial charge in [-0.3, -0.25) is 4.79 Å². The fourth-order valence-corrected chi connectivity index (χ4v) is 2.02. The quantitative estimate of drug-likeness (QED) is 0.682. The summed E-state index contributed by atoms with van der Waals surface area (Å²) in [6.45, 7) is 0.200. The SMILES string of the molecule is NS(=O)(=O)CCCNC(=O)c1ccc(Br)c(O)c1. The number of carbonyl (C=O) groups excluding carboxylic acids is 1. The highest BCUT2D eigenvalue weighted by molar-refractivity contribution is 9.10. The number of aromatic hydroxyl groups is 1. The van der Waals surface area contributed by atoms with Crippen LogP contribution in [-0.4, -0.2) is 31.7 Å². The van der Waals surface area contributed by atoms with E-state index in [1.807, 2.05) is 0 Å². The molecular weight excluding hydrogens is 324 g/mol. The van der Waals surface area contributed by atoms with Gasteiger partial charge >= 0.3 is 0 Å². The van der Waals surface area contributed by atoms with E-state index in [2.05, 4.69) is 21.2 Å². The molecule has 0 aromatic heterocycles. The van der Waals surface area contributed by atoms with Crippen molar-refractivity contribution in [3.8, 4) is 5.75 Å². The largest absolute Gasteiger partial charge is 0.507 e. The molecule has 0 saturated carbocycles. The van der Waals surface area contributed by atoms with Crippen LogP contribution in [0.1, 0.15) is 16.8 Å².